The maximum absolute atomic E-state index is 5.85. The first-order valence-electron chi connectivity index (χ1n) is 6.29. The highest BCUT2D eigenvalue weighted by Gasteiger charge is 2.45. The lowest BCUT2D eigenvalue weighted by Crippen LogP contribution is -2.41. The van der Waals surface area contributed by atoms with Crippen LogP contribution in [0.4, 0.5) is 0 Å². The van der Waals surface area contributed by atoms with Crippen molar-refractivity contribution in [3.05, 3.63) is 0 Å². The summed E-state index contributed by atoms with van der Waals surface area (Å²) in [5, 5.41) is 3.15. The molecule has 0 amide bonds. The van der Waals surface area contributed by atoms with Gasteiger partial charge in [-0.05, 0) is 25.2 Å². The number of nitrogens with one attached hydrogen (secondary N) is 1. The molecule has 0 aromatic rings. The summed E-state index contributed by atoms with van der Waals surface area (Å²) in [6, 6.07) is 0.724. The van der Waals surface area contributed by atoms with Crippen LogP contribution < -0.4 is 11.1 Å². The van der Waals surface area contributed by atoms with Crippen molar-refractivity contribution in [2.45, 2.75) is 44.7 Å². The van der Waals surface area contributed by atoms with Crippen LogP contribution >= 0.6 is 24.0 Å². The molecule has 1 unspecified atom stereocenters. The molecular formula is C12H24IN3O. The first-order valence-corrected chi connectivity index (χ1v) is 6.29. The monoisotopic (exact) mass is 353 g/mol. The van der Waals surface area contributed by atoms with Crippen LogP contribution in [0.25, 0.3) is 0 Å². The molecule has 2 saturated carbocycles. The van der Waals surface area contributed by atoms with Crippen molar-refractivity contribution in [3.8, 4) is 0 Å². The normalized spacial score (nSPS) is 30.1. The van der Waals surface area contributed by atoms with Crippen molar-refractivity contribution in [1.82, 2.24) is 5.32 Å². The van der Waals surface area contributed by atoms with Gasteiger partial charge in [0, 0.05) is 13.2 Å². The SMILES string of the molecule is COCC(C)NC(N)=N[C@@H]1C[C@H]1C1CCC1.I. The Labute approximate surface area is 121 Å². The molecular weight excluding hydrogens is 329 g/mol. The van der Waals surface area contributed by atoms with Gasteiger partial charge in [0.1, 0.15) is 0 Å². The Kier molecular flexibility index (Phi) is 5.99. The zero-order valence-corrected chi connectivity index (χ0v) is 13.0. The molecule has 0 bridgehead atoms. The van der Waals surface area contributed by atoms with Crippen molar-refractivity contribution in [2.75, 3.05) is 13.7 Å². The summed E-state index contributed by atoms with van der Waals surface area (Å²) in [4.78, 5) is 4.52. The Morgan fingerprint density at radius 3 is 2.76 bits per heavy atom. The van der Waals surface area contributed by atoms with Gasteiger partial charge in [0.2, 0.25) is 0 Å². The summed E-state index contributed by atoms with van der Waals surface area (Å²) in [5.74, 6) is 2.35. The van der Waals surface area contributed by atoms with E-state index in [9.17, 15) is 0 Å². The molecule has 0 spiro atoms. The van der Waals surface area contributed by atoms with E-state index in [-0.39, 0.29) is 30.0 Å². The molecule has 0 radical (unpaired) electrons. The van der Waals surface area contributed by atoms with Crippen LogP contribution in [0, 0.1) is 11.8 Å². The van der Waals surface area contributed by atoms with E-state index in [1.165, 1.54) is 25.7 Å². The maximum atomic E-state index is 5.85. The third kappa shape index (κ3) is 4.28. The Bertz CT molecular complexity index is 268. The number of methoxy groups -OCH3 is 1. The highest BCUT2D eigenvalue weighted by atomic mass is 127. The van der Waals surface area contributed by atoms with Gasteiger partial charge in [0.05, 0.1) is 12.6 Å². The van der Waals surface area contributed by atoms with Crippen LogP contribution in [-0.4, -0.2) is 31.8 Å². The van der Waals surface area contributed by atoms with E-state index in [1.54, 1.807) is 7.11 Å². The summed E-state index contributed by atoms with van der Waals surface area (Å²) >= 11 is 0. The minimum atomic E-state index is 0. The second-order valence-corrected chi connectivity index (χ2v) is 5.17. The fraction of sp³-hybridized carbons (Fsp3) is 0.917. The van der Waals surface area contributed by atoms with Gasteiger partial charge in [-0.1, -0.05) is 19.3 Å². The number of aliphatic imine (C=N–C) groups is 1. The molecule has 0 aliphatic heterocycles. The summed E-state index contributed by atoms with van der Waals surface area (Å²) in [6.07, 6.45) is 5.47. The number of rotatable bonds is 5. The molecule has 5 heteroatoms. The summed E-state index contributed by atoms with van der Waals surface area (Å²) in [5.41, 5.74) is 5.85. The van der Waals surface area contributed by atoms with Crippen LogP contribution in [0.2, 0.25) is 0 Å². The largest absolute Gasteiger partial charge is 0.383 e. The Morgan fingerprint density at radius 1 is 1.53 bits per heavy atom. The van der Waals surface area contributed by atoms with Crippen LogP contribution in [-0.2, 0) is 4.74 Å². The summed E-state index contributed by atoms with van der Waals surface area (Å²) < 4.78 is 5.04. The van der Waals surface area contributed by atoms with Gasteiger partial charge in [0.15, 0.2) is 5.96 Å². The molecule has 0 saturated heterocycles. The number of guanidine groups is 1. The molecule has 3 N–H and O–H groups in total. The molecule has 0 aromatic heterocycles. The minimum absolute atomic E-state index is 0. The number of nitrogens with zero attached hydrogens (tertiary/aromatic N) is 1. The Hall–Kier alpha value is -0.0400. The van der Waals surface area contributed by atoms with E-state index in [1.807, 2.05) is 6.92 Å². The van der Waals surface area contributed by atoms with Gasteiger partial charge in [-0.15, -0.1) is 24.0 Å². The third-order valence-corrected chi connectivity index (χ3v) is 3.68. The number of hydrogen-bond acceptors (Lipinski definition) is 2. The van der Waals surface area contributed by atoms with Gasteiger partial charge in [-0.2, -0.15) is 0 Å². The van der Waals surface area contributed by atoms with Crippen LogP contribution in [0.1, 0.15) is 32.6 Å². The number of ether oxygens (including phenoxy) is 1. The van der Waals surface area contributed by atoms with E-state index >= 15 is 0 Å². The van der Waals surface area contributed by atoms with E-state index in [0.29, 0.717) is 18.6 Å². The maximum Gasteiger partial charge on any atom is 0.189 e. The standard InChI is InChI=1S/C12H23N3O.HI/c1-8(7-16-2)14-12(13)15-11-6-10(11)9-4-3-5-9;/h8-11H,3-7H2,1-2H3,(H3,13,14,15);1H/t8?,10-,11+;/m0./s1. The average molecular weight is 353 g/mol. The first-order chi connectivity index (χ1) is 7.70. The van der Waals surface area contributed by atoms with Crippen molar-refractivity contribution < 1.29 is 4.74 Å². The molecule has 0 aromatic carbocycles. The Morgan fingerprint density at radius 2 is 2.24 bits per heavy atom. The number of halogens is 1. The number of nitrogens with two attached hydrogens (primary N) is 1. The molecule has 2 aliphatic carbocycles. The highest BCUT2D eigenvalue weighted by Crippen LogP contribution is 2.48. The van der Waals surface area contributed by atoms with Gasteiger partial charge in [0.25, 0.3) is 0 Å². The molecule has 100 valence electrons. The zero-order valence-electron chi connectivity index (χ0n) is 10.7. The predicted molar refractivity (Wildman–Crippen MR) is 80.7 cm³/mol. The molecule has 0 heterocycles. The summed E-state index contributed by atoms with van der Waals surface area (Å²) in [7, 11) is 1.69. The Balaban J connectivity index is 0.00000144. The van der Waals surface area contributed by atoms with Crippen LogP contribution in [0.15, 0.2) is 4.99 Å². The minimum Gasteiger partial charge on any atom is -0.383 e. The van der Waals surface area contributed by atoms with Crippen molar-refractivity contribution in [2.24, 2.45) is 22.6 Å². The first kappa shape index (κ1) is 15.0. The fourth-order valence-electron chi connectivity index (χ4n) is 2.48. The van der Waals surface area contributed by atoms with E-state index < -0.39 is 0 Å². The van der Waals surface area contributed by atoms with Crippen LogP contribution in [0.3, 0.4) is 0 Å². The lowest BCUT2D eigenvalue weighted by Gasteiger charge is -2.25. The lowest BCUT2D eigenvalue weighted by molar-refractivity contribution is 0.179. The van der Waals surface area contributed by atoms with Gasteiger partial charge < -0.3 is 15.8 Å². The second kappa shape index (κ2) is 6.78. The third-order valence-electron chi connectivity index (χ3n) is 3.68. The van der Waals surface area contributed by atoms with Gasteiger partial charge in [-0.3, -0.25) is 0 Å². The smallest absolute Gasteiger partial charge is 0.189 e. The highest BCUT2D eigenvalue weighted by molar-refractivity contribution is 14.0. The predicted octanol–water partition coefficient (Wildman–Crippen LogP) is 1.73. The van der Waals surface area contributed by atoms with E-state index in [4.69, 9.17) is 10.5 Å². The second-order valence-electron chi connectivity index (χ2n) is 5.17. The van der Waals surface area contributed by atoms with E-state index in [2.05, 4.69) is 10.3 Å². The molecule has 3 atom stereocenters. The van der Waals surface area contributed by atoms with Gasteiger partial charge in [-0.25, -0.2) is 4.99 Å². The van der Waals surface area contributed by atoms with Crippen LogP contribution in [0.5, 0.6) is 0 Å². The quantitative estimate of drug-likeness (QED) is 0.450. The molecule has 2 fully saturated rings. The average Bonchev–Trinajstić information content (AvgIpc) is 2.80. The molecule has 2 aliphatic rings. The van der Waals surface area contributed by atoms with E-state index in [0.717, 1.165) is 11.8 Å². The van der Waals surface area contributed by atoms with Gasteiger partial charge >= 0.3 is 0 Å². The molecule has 2 rings (SSSR count). The zero-order chi connectivity index (χ0) is 11.5. The van der Waals surface area contributed by atoms with Crippen molar-refractivity contribution in [3.63, 3.8) is 0 Å². The van der Waals surface area contributed by atoms with Crippen molar-refractivity contribution in [1.29, 1.82) is 0 Å². The summed E-state index contributed by atoms with van der Waals surface area (Å²) in [6.45, 7) is 2.70. The fourth-order valence-corrected chi connectivity index (χ4v) is 2.48. The molecule has 4 nitrogen and oxygen atoms in total. The topological polar surface area (TPSA) is 59.6 Å². The van der Waals surface area contributed by atoms with Crippen molar-refractivity contribution >= 4 is 29.9 Å². The number of hydrogen-bond donors (Lipinski definition) is 2. The molecule has 17 heavy (non-hydrogen) atoms. The lowest BCUT2D eigenvalue weighted by atomic mass is 9.81.